The van der Waals surface area contributed by atoms with Crippen molar-refractivity contribution in [2.75, 3.05) is 7.05 Å². The van der Waals surface area contributed by atoms with Crippen LogP contribution in [0.4, 0.5) is 0 Å². The molecule has 0 spiro atoms. The molecule has 1 saturated carbocycles. The van der Waals surface area contributed by atoms with Crippen molar-refractivity contribution in [2.45, 2.75) is 69.9 Å². The molecule has 0 unspecified atom stereocenters. The molecular weight excluding hydrogens is 318 g/mol. The van der Waals surface area contributed by atoms with Gasteiger partial charge in [-0.3, -0.25) is 4.90 Å². The molecule has 2 aromatic carbocycles. The molecule has 1 aliphatic carbocycles. The normalized spacial score (nSPS) is 31.1. The van der Waals surface area contributed by atoms with E-state index in [2.05, 4.69) is 76.0 Å². The highest BCUT2D eigenvalue weighted by molar-refractivity contribution is 6.05. The zero-order valence-corrected chi connectivity index (χ0v) is 16.6. The number of aryl methyl sites for hydroxylation is 1. The zero-order valence-electron chi connectivity index (χ0n) is 16.6. The van der Waals surface area contributed by atoms with Gasteiger partial charge in [0.2, 0.25) is 0 Å². The lowest BCUT2D eigenvalue weighted by Crippen LogP contribution is -2.72. The zero-order chi connectivity index (χ0) is 18.3. The predicted octanol–water partition coefficient (Wildman–Crippen LogP) is 6.19. The van der Waals surface area contributed by atoms with Gasteiger partial charge in [-0.2, -0.15) is 0 Å². The highest BCUT2D eigenvalue weighted by Gasteiger charge is 2.61. The van der Waals surface area contributed by atoms with Crippen LogP contribution < -0.4 is 0 Å². The molecule has 0 atom stereocenters. The van der Waals surface area contributed by atoms with E-state index in [-0.39, 0.29) is 11.0 Å². The van der Waals surface area contributed by atoms with Crippen molar-refractivity contribution in [3.63, 3.8) is 0 Å². The quantitative estimate of drug-likeness (QED) is 0.522. The van der Waals surface area contributed by atoms with Crippen LogP contribution in [-0.2, 0) is 5.41 Å². The van der Waals surface area contributed by atoms with Crippen molar-refractivity contribution in [3.05, 3.63) is 47.5 Å². The molecule has 3 aromatic rings. The minimum absolute atomic E-state index is 0.149. The lowest BCUT2D eigenvalue weighted by molar-refractivity contribution is -0.122. The average Bonchev–Trinajstić information content (AvgIpc) is 2.97. The lowest BCUT2D eigenvalue weighted by Gasteiger charge is -2.67. The number of benzene rings is 2. The van der Waals surface area contributed by atoms with E-state index in [4.69, 9.17) is 4.42 Å². The van der Waals surface area contributed by atoms with Gasteiger partial charge in [0.25, 0.3) is 0 Å². The first-order valence-electron chi connectivity index (χ1n) is 9.95. The third-order valence-corrected chi connectivity index (χ3v) is 8.24. The summed E-state index contributed by atoms with van der Waals surface area (Å²) in [5.41, 5.74) is 5.65. The number of piperidine rings is 2. The lowest BCUT2D eigenvalue weighted by atomic mass is 9.50. The SMILES string of the molecule is Cc1cc2oc3ccccc3c2cc1C12CCC(C)(CC1)N(C)C2(C)C. The van der Waals surface area contributed by atoms with Gasteiger partial charge in [-0.25, -0.2) is 0 Å². The monoisotopic (exact) mass is 347 g/mol. The van der Waals surface area contributed by atoms with E-state index in [0.29, 0.717) is 5.54 Å². The number of nitrogens with zero attached hydrogens (tertiary/aromatic N) is 1. The van der Waals surface area contributed by atoms with Crippen LogP contribution in [0.5, 0.6) is 0 Å². The minimum atomic E-state index is 0.149. The van der Waals surface area contributed by atoms with E-state index in [0.717, 1.165) is 11.2 Å². The maximum atomic E-state index is 6.13. The fraction of sp³-hybridized carbons (Fsp3) is 0.500. The summed E-state index contributed by atoms with van der Waals surface area (Å²) in [6.07, 6.45) is 5.14. The van der Waals surface area contributed by atoms with Crippen LogP contribution >= 0.6 is 0 Å². The van der Waals surface area contributed by atoms with Crippen molar-refractivity contribution >= 4 is 21.9 Å². The fourth-order valence-electron chi connectivity index (χ4n) is 6.15. The molecular formula is C24H29NO. The second-order valence-corrected chi connectivity index (χ2v) is 9.46. The van der Waals surface area contributed by atoms with E-state index in [9.17, 15) is 0 Å². The van der Waals surface area contributed by atoms with E-state index in [1.54, 1.807) is 0 Å². The number of likely N-dealkylation sites (N-methyl/N-ethyl adjacent to an activating group) is 1. The van der Waals surface area contributed by atoms with Gasteiger partial charge in [-0.15, -0.1) is 0 Å². The van der Waals surface area contributed by atoms with Crippen LogP contribution in [0, 0.1) is 6.92 Å². The summed E-state index contributed by atoms with van der Waals surface area (Å²) in [6, 6.07) is 13.2. The standard InChI is InChI=1S/C24H29NO/c1-16-14-21-18(17-8-6-7-9-20(17)26-21)15-19(16)24-12-10-23(4,11-13-24)25(5)22(24,2)3/h6-9,14-15H,10-13H2,1-5H3. The van der Waals surface area contributed by atoms with E-state index in [1.165, 1.54) is 47.6 Å². The van der Waals surface area contributed by atoms with E-state index < -0.39 is 0 Å². The molecule has 2 nitrogen and oxygen atoms in total. The van der Waals surface area contributed by atoms with Gasteiger partial charge >= 0.3 is 0 Å². The maximum Gasteiger partial charge on any atom is 0.135 e. The average molecular weight is 348 g/mol. The number of fused-ring (bicyclic) bond motifs is 6. The highest BCUT2D eigenvalue weighted by atomic mass is 16.3. The van der Waals surface area contributed by atoms with Crippen molar-refractivity contribution in [1.29, 1.82) is 0 Å². The minimum Gasteiger partial charge on any atom is -0.456 e. The molecule has 6 rings (SSSR count). The summed E-state index contributed by atoms with van der Waals surface area (Å²) in [5, 5.41) is 2.51. The molecule has 136 valence electrons. The Bertz CT molecular complexity index is 1020. The molecule has 26 heavy (non-hydrogen) atoms. The Labute approximate surface area is 156 Å². The second-order valence-electron chi connectivity index (χ2n) is 9.46. The Kier molecular flexibility index (Phi) is 3.10. The van der Waals surface area contributed by atoms with Gasteiger partial charge in [-0.1, -0.05) is 18.2 Å². The van der Waals surface area contributed by atoms with Gasteiger partial charge in [-0.05, 0) is 89.8 Å². The van der Waals surface area contributed by atoms with Crippen LogP contribution in [0.3, 0.4) is 0 Å². The van der Waals surface area contributed by atoms with Crippen molar-refractivity contribution in [2.24, 2.45) is 0 Å². The molecule has 2 heteroatoms. The Morgan fingerprint density at radius 2 is 1.58 bits per heavy atom. The van der Waals surface area contributed by atoms with Gasteiger partial charge in [0.05, 0.1) is 0 Å². The number of hydrogen-bond acceptors (Lipinski definition) is 2. The second kappa shape index (κ2) is 4.92. The van der Waals surface area contributed by atoms with Crippen LogP contribution in [0.1, 0.15) is 57.6 Å². The summed E-state index contributed by atoms with van der Waals surface area (Å²) >= 11 is 0. The molecule has 3 fully saturated rings. The molecule has 2 saturated heterocycles. The van der Waals surface area contributed by atoms with Gasteiger partial charge in [0, 0.05) is 27.3 Å². The molecule has 0 N–H and O–H groups in total. The largest absolute Gasteiger partial charge is 0.456 e. The first kappa shape index (κ1) is 16.4. The summed E-state index contributed by atoms with van der Waals surface area (Å²) in [6.45, 7) is 9.65. The summed E-state index contributed by atoms with van der Waals surface area (Å²) in [7, 11) is 2.34. The highest BCUT2D eigenvalue weighted by Crippen LogP contribution is 2.60. The van der Waals surface area contributed by atoms with Gasteiger partial charge in [0.1, 0.15) is 11.2 Å². The summed E-state index contributed by atoms with van der Waals surface area (Å²) < 4.78 is 6.13. The van der Waals surface area contributed by atoms with Crippen molar-refractivity contribution < 1.29 is 4.42 Å². The van der Waals surface area contributed by atoms with Crippen LogP contribution in [0.15, 0.2) is 40.8 Å². The molecule has 0 radical (unpaired) electrons. The first-order chi connectivity index (χ1) is 12.3. The number of furan rings is 1. The Balaban J connectivity index is 1.78. The molecule has 0 amide bonds. The maximum absolute atomic E-state index is 6.13. The Morgan fingerprint density at radius 3 is 2.31 bits per heavy atom. The number of rotatable bonds is 1. The Morgan fingerprint density at radius 1 is 0.885 bits per heavy atom. The molecule has 3 heterocycles. The summed E-state index contributed by atoms with van der Waals surface area (Å²) in [4.78, 5) is 2.67. The van der Waals surface area contributed by atoms with Crippen LogP contribution in [0.2, 0.25) is 0 Å². The van der Waals surface area contributed by atoms with Crippen molar-refractivity contribution in [1.82, 2.24) is 4.90 Å². The topological polar surface area (TPSA) is 16.4 Å². The molecule has 1 aromatic heterocycles. The Hall–Kier alpha value is -1.80. The van der Waals surface area contributed by atoms with E-state index >= 15 is 0 Å². The molecule has 2 bridgehead atoms. The van der Waals surface area contributed by atoms with Gasteiger partial charge < -0.3 is 4.42 Å². The predicted molar refractivity (Wildman–Crippen MR) is 109 cm³/mol. The number of hydrogen-bond donors (Lipinski definition) is 0. The molecule has 3 aliphatic rings. The summed E-state index contributed by atoms with van der Waals surface area (Å²) in [5.74, 6) is 0. The third-order valence-electron chi connectivity index (χ3n) is 8.24. The van der Waals surface area contributed by atoms with Crippen LogP contribution in [-0.4, -0.2) is 23.0 Å². The van der Waals surface area contributed by atoms with Crippen LogP contribution in [0.25, 0.3) is 21.9 Å². The molecule has 2 aliphatic heterocycles. The smallest absolute Gasteiger partial charge is 0.135 e. The first-order valence-corrected chi connectivity index (χ1v) is 9.95. The van der Waals surface area contributed by atoms with E-state index in [1.807, 2.05) is 0 Å². The third kappa shape index (κ3) is 1.81. The number of para-hydroxylation sites is 1. The van der Waals surface area contributed by atoms with Gasteiger partial charge in [0.15, 0.2) is 0 Å². The van der Waals surface area contributed by atoms with Crippen molar-refractivity contribution in [3.8, 4) is 0 Å². The fourth-order valence-corrected chi connectivity index (χ4v) is 6.15.